The summed E-state index contributed by atoms with van der Waals surface area (Å²) in [6.45, 7) is 1.50. The lowest BCUT2D eigenvalue weighted by molar-refractivity contribution is 0.101. The second-order valence-electron chi connectivity index (χ2n) is 4.55. The van der Waals surface area contributed by atoms with Gasteiger partial charge in [0.25, 0.3) is 0 Å². The molecule has 0 bridgehead atoms. The van der Waals surface area contributed by atoms with Crippen LogP contribution in [0.5, 0.6) is 0 Å². The highest BCUT2D eigenvalue weighted by Crippen LogP contribution is 2.27. The van der Waals surface area contributed by atoms with Gasteiger partial charge in [0.2, 0.25) is 0 Å². The smallest absolute Gasteiger partial charge is 0.161 e. The zero-order valence-electron chi connectivity index (χ0n) is 11.4. The van der Waals surface area contributed by atoms with Crippen molar-refractivity contribution in [2.45, 2.75) is 6.92 Å². The van der Waals surface area contributed by atoms with Gasteiger partial charge in [-0.2, -0.15) is 5.26 Å². The Morgan fingerprint density at radius 3 is 2.25 bits per heavy atom. The Morgan fingerprint density at radius 2 is 1.75 bits per heavy atom. The number of nitrogen functional groups attached to an aromatic ring is 1. The highest BCUT2D eigenvalue weighted by molar-refractivity contribution is 5.99. The van der Waals surface area contributed by atoms with Gasteiger partial charge < -0.3 is 10.6 Å². The molecule has 0 heterocycles. The monoisotopic (exact) mass is 265 g/mol. The van der Waals surface area contributed by atoms with E-state index in [2.05, 4.69) is 6.07 Å². The minimum atomic E-state index is -0.0462. The number of benzene rings is 2. The molecule has 4 nitrogen and oxygen atoms in total. The highest BCUT2D eigenvalue weighted by Gasteiger charge is 2.09. The summed E-state index contributed by atoms with van der Waals surface area (Å²) in [6.07, 6.45) is 0. The van der Waals surface area contributed by atoms with Crippen molar-refractivity contribution in [3.8, 4) is 6.07 Å². The van der Waals surface area contributed by atoms with E-state index in [4.69, 9.17) is 11.0 Å². The van der Waals surface area contributed by atoms with Gasteiger partial charge in [-0.15, -0.1) is 0 Å². The van der Waals surface area contributed by atoms with Gasteiger partial charge in [0.1, 0.15) is 0 Å². The first-order valence-corrected chi connectivity index (χ1v) is 6.17. The number of rotatable bonds is 3. The van der Waals surface area contributed by atoms with Crippen molar-refractivity contribution in [3.05, 3.63) is 53.6 Å². The molecule has 0 aliphatic heterocycles. The van der Waals surface area contributed by atoms with Gasteiger partial charge >= 0.3 is 0 Å². The van der Waals surface area contributed by atoms with Crippen LogP contribution in [-0.2, 0) is 0 Å². The number of nitriles is 1. The van der Waals surface area contributed by atoms with Crippen molar-refractivity contribution in [1.82, 2.24) is 0 Å². The van der Waals surface area contributed by atoms with Crippen LogP contribution in [0.4, 0.5) is 17.1 Å². The van der Waals surface area contributed by atoms with Crippen LogP contribution in [0.1, 0.15) is 22.8 Å². The van der Waals surface area contributed by atoms with E-state index in [1.165, 1.54) is 6.92 Å². The van der Waals surface area contributed by atoms with Gasteiger partial charge in [-0.05, 0) is 49.4 Å². The van der Waals surface area contributed by atoms with Crippen molar-refractivity contribution in [1.29, 1.82) is 5.26 Å². The van der Waals surface area contributed by atoms with Crippen LogP contribution >= 0.6 is 0 Å². The maximum absolute atomic E-state index is 11.4. The first kappa shape index (κ1) is 13.6. The molecule has 2 aromatic carbocycles. The van der Waals surface area contributed by atoms with Crippen molar-refractivity contribution in [2.75, 3.05) is 17.7 Å². The van der Waals surface area contributed by atoms with E-state index in [1.54, 1.807) is 24.3 Å². The zero-order chi connectivity index (χ0) is 14.7. The molecule has 0 radical (unpaired) electrons. The van der Waals surface area contributed by atoms with Gasteiger partial charge in [-0.1, -0.05) is 0 Å². The third-order valence-corrected chi connectivity index (χ3v) is 3.19. The second-order valence-corrected chi connectivity index (χ2v) is 4.55. The Morgan fingerprint density at radius 1 is 1.15 bits per heavy atom. The lowest BCUT2D eigenvalue weighted by Crippen LogP contribution is -2.10. The third-order valence-electron chi connectivity index (χ3n) is 3.19. The average Bonchev–Trinajstić information content (AvgIpc) is 2.46. The Balaban J connectivity index is 2.33. The predicted octanol–water partition coefficient (Wildman–Crippen LogP) is 3.11. The molecular formula is C16H15N3O. The average molecular weight is 265 g/mol. The van der Waals surface area contributed by atoms with E-state index in [-0.39, 0.29) is 5.78 Å². The van der Waals surface area contributed by atoms with Crippen LogP contribution in [0.15, 0.2) is 42.5 Å². The number of carbonyl (C=O) groups is 1. The molecular weight excluding hydrogens is 250 g/mol. The number of nitrogens with zero attached hydrogens (tertiary/aromatic N) is 2. The Kier molecular flexibility index (Phi) is 3.72. The Labute approximate surface area is 118 Å². The molecule has 0 unspecified atom stereocenters. The summed E-state index contributed by atoms with van der Waals surface area (Å²) in [5, 5.41) is 8.79. The van der Waals surface area contributed by atoms with E-state index in [9.17, 15) is 4.79 Å². The van der Waals surface area contributed by atoms with Gasteiger partial charge in [-0.3, -0.25) is 4.79 Å². The third kappa shape index (κ3) is 2.62. The summed E-state index contributed by atoms with van der Waals surface area (Å²) in [4.78, 5) is 13.3. The summed E-state index contributed by atoms with van der Waals surface area (Å²) < 4.78 is 0. The van der Waals surface area contributed by atoms with Crippen molar-refractivity contribution < 1.29 is 4.79 Å². The lowest BCUT2D eigenvalue weighted by Gasteiger charge is -2.20. The largest absolute Gasteiger partial charge is 0.398 e. The summed E-state index contributed by atoms with van der Waals surface area (Å²) in [6, 6.07) is 14.7. The maximum atomic E-state index is 11.4. The molecule has 0 aliphatic carbocycles. The first-order chi connectivity index (χ1) is 9.52. The zero-order valence-corrected chi connectivity index (χ0v) is 11.4. The van der Waals surface area contributed by atoms with Gasteiger partial charge in [0, 0.05) is 29.7 Å². The van der Waals surface area contributed by atoms with Crippen molar-refractivity contribution in [2.24, 2.45) is 0 Å². The van der Waals surface area contributed by atoms with Crippen molar-refractivity contribution in [3.63, 3.8) is 0 Å². The van der Waals surface area contributed by atoms with E-state index in [0.29, 0.717) is 16.8 Å². The van der Waals surface area contributed by atoms with E-state index in [1.807, 2.05) is 30.1 Å². The Hall–Kier alpha value is -2.80. The molecule has 100 valence electrons. The molecule has 0 saturated heterocycles. The second kappa shape index (κ2) is 5.45. The molecule has 4 heteroatoms. The molecule has 0 fully saturated rings. The standard InChI is InChI=1S/C16H15N3O/c1-11(20)15-8-7-14(9-16(15)18)19(2)13-5-3-12(10-17)4-6-13/h3-9H,18H2,1-2H3. The number of Topliss-reactive ketones (excluding diaryl/α,β-unsaturated/α-hetero) is 1. The molecule has 0 aromatic heterocycles. The fourth-order valence-electron chi connectivity index (χ4n) is 1.99. The summed E-state index contributed by atoms with van der Waals surface area (Å²) in [5.41, 5.74) is 9.34. The molecule has 0 aliphatic rings. The fraction of sp³-hybridized carbons (Fsp3) is 0.125. The number of nitrogens with two attached hydrogens (primary N) is 1. The minimum absolute atomic E-state index is 0.0462. The molecule has 2 N–H and O–H groups in total. The molecule has 2 aromatic rings. The number of ketones is 1. The summed E-state index contributed by atoms with van der Waals surface area (Å²) >= 11 is 0. The molecule has 0 amide bonds. The minimum Gasteiger partial charge on any atom is -0.398 e. The topological polar surface area (TPSA) is 70.1 Å². The van der Waals surface area contributed by atoms with Gasteiger partial charge in [0.05, 0.1) is 11.6 Å². The number of hydrogen-bond acceptors (Lipinski definition) is 4. The number of carbonyl (C=O) groups excluding carboxylic acids is 1. The van der Waals surface area contributed by atoms with Crippen LogP contribution < -0.4 is 10.6 Å². The van der Waals surface area contributed by atoms with Crippen LogP contribution in [0, 0.1) is 11.3 Å². The maximum Gasteiger partial charge on any atom is 0.161 e. The normalized spacial score (nSPS) is 9.85. The molecule has 20 heavy (non-hydrogen) atoms. The summed E-state index contributed by atoms with van der Waals surface area (Å²) in [7, 11) is 1.91. The predicted molar refractivity (Wildman–Crippen MR) is 80.1 cm³/mol. The highest BCUT2D eigenvalue weighted by atomic mass is 16.1. The van der Waals surface area contributed by atoms with Gasteiger partial charge in [0.15, 0.2) is 5.78 Å². The van der Waals surface area contributed by atoms with Crippen LogP contribution in [0.2, 0.25) is 0 Å². The molecule has 0 atom stereocenters. The lowest BCUT2D eigenvalue weighted by atomic mass is 10.1. The number of hydrogen-bond donors (Lipinski definition) is 1. The fourth-order valence-corrected chi connectivity index (χ4v) is 1.99. The molecule has 2 rings (SSSR count). The van der Waals surface area contributed by atoms with E-state index < -0.39 is 0 Å². The first-order valence-electron chi connectivity index (χ1n) is 6.17. The molecule has 0 spiro atoms. The SMILES string of the molecule is CC(=O)c1ccc(N(C)c2ccc(C#N)cc2)cc1N. The van der Waals surface area contributed by atoms with E-state index >= 15 is 0 Å². The Bertz CT molecular complexity index is 684. The van der Waals surface area contributed by atoms with E-state index in [0.717, 1.165) is 11.4 Å². The molecule has 0 saturated carbocycles. The van der Waals surface area contributed by atoms with Crippen molar-refractivity contribution >= 4 is 22.8 Å². The quantitative estimate of drug-likeness (QED) is 0.683. The summed E-state index contributed by atoms with van der Waals surface area (Å²) in [5.74, 6) is -0.0462. The van der Waals surface area contributed by atoms with Crippen LogP contribution in [-0.4, -0.2) is 12.8 Å². The van der Waals surface area contributed by atoms with Gasteiger partial charge in [-0.25, -0.2) is 0 Å². The van der Waals surface area contributed by atoms with Crippen LogP contribution in [0.3, 0.4) is 0 Å². The number of anilines is 3. The van der Waals surface area contributed by atoms with Crippen LogP contribution in [0.25, 0.3) is 0 Å².